The smallest absolute Gasteiger partial charge is 0.872 e. The molecule has 0 saturated carbocycles. The Hall–Kier alpha value is -0.880. The molecule has 0 amide bonds. The van der Waals surface area contributed by atoms with Crippen LogP contribution in [-0.2, 0) is 23.9 Å². The van der Waals surface area contributed by atoms with Gasteiger partial charge in [-0.3, -0.25) is 0 Å². The van der Waals surface area contributed by atoms with Crippen molar-refractivity contribution in [3.8, 4) is 11.5 Å². The second-order valence-corrected chi connectivity index (χ2v) is 25.1. The first-order valence-corrected chi connectivity index (χ1v) is 21.8. The Morgan fingerprint density at radius 2 is 1.22 bits per heavy atom. The molecule has 0 saturated heterocycles. The molecular weight excluding hydrogens is 551 g/mol. The van der Waals surface area contributed by atoms with E-state index in [4.69, 9.17) is 9.38 Å². The van der Waals surface area contributed by atoms with Gasteiger partial charge in [-0.2, -0.15) is 0 Å². The molecular formula is C33H61MgN3O2Si2+2. The predicted molar refractivity (Wildman–Crippen MR) is 183 cm³/mol. The minimum Gasteiger partial charge on any atom is -0.872 e. The quantitative estimate of drug-likeness (QED) is 0.381. The fraction of sp³-hybridized carbons (Fsp3) is 0.636. The fourth-order valence-electron chi connectivity index (χ4n) is 4.92. The summed E-state index contributed by atoms with van der Waals surface area (Å²) in [5, 5.41) is 13.2. The minimum atomic E-state index is -1.11. The fourth-order valence-corrected chi connectivity index (χ4v) is 13.0. The number of hydrogen-bond acceptors (Lipinski definition) is 2. The van der Waals surface area contributed by atoms with Gasteiger partial charge >= 0.3 is 23.1 Å². The molecule has 2 unspecified atom stereocenters. The van der Waals surface area contributed by atoms with Crippen molar-refractivity contribution in [1.29, 1.82) is 0 Å². The molecule has 2 aromatic rings. The topological polar surface area (TPSA) is 55.3 Å². The first-order chi connectivity index (χ1) is 18.0. The number of para-hydroxylation sites is 1. The maximum Gasteiger partial charge on any atom is 2.00 e. The van der Waals surface area contributed by atoms with Crippen LogP contribution in [0.2, 0.25) is 39.3 Å². The van der Waals surface area contributed by atoms with Crippen molar-refractivity contribution in [3.05, 3.63) is 63.3 Å². The molecule has 0 aliphatic rings. The van der Waals surface area contributed by atoms with Gasteiger partial charge in [0.15, 0.2) is 0 Å². The third kappa shape index (κ3) is 15.4. The van der Waals surface area contributed by atoms with Gasteiger partial charge in [0.25, 0.3) is 0 Å². The molecule has 2 atom stereocenters. The Labute approximate surface area is 271 Å². The molecule has 5 nitrogen and oxygen atoms in total. The first-order valence-electron chi connectivity index (χ1n) is 14.9. The molecule has 0 aromatic heterocycles. The van der Waals surface area contributed by atoms with E-state index in [0.717, 1.165) is 43.1 Å². The number of benzene rings is 2. The van der Waals surface area contributed by atoms with Crippen LogP contribution < -0.4 is 19.6 Å². The summed E-state index contributed by atoms with van der Waals surface area (Å²) >= 11 is 0. The predicted octanol–water partition coefficient (Wildman–Crippen LogP) is 4.74. The van der Waals surface area contributed by atoms with E-state index in [2.05, 4.69) is 119 Å². The standard InChI is InChI=1S/C27H42N2O2.C6H18NSi2.Mg/c1-26(2,3)22-16-21(25(30)23(17-22)27(4,5)6)19-29(8)15-14-28(7)18-20-12-10-11-13-24(20)31-9;1-8(2,3)7-9(4,5)6;/h10-13,16-17,30H,14-15,18-19H2,1-9H3;1-6H3;/q;-1;+2/p+1. The van der Waals surface area contributed by atoms with Crippen LogP contribution in [0.3, 0.4) is 0 Å². The molecule has 0 bridgehead atoms. The number of ether oxygens (including phenoxy) is 1. The third-order valence-corrected chi connectivity index (χ3v) is 12.0. The van der Waals surface area contributed by atoms with Crippen molar-refractivity contribution < 1.29 is 19.6 Å². The zero-order chi connectivity index (χ0) is 31.1. The molecule has 8 heteroatoms. The molecule has 0 heterocycles. The summed E-state index contributed by atoms with van der Waals surface area (Å²) in [7, 11) is 3.92. The Balaban J connectivity index is 0.00000138. The molecule has 0 radical (unpaired) electrons. The van der Waals surface area contributed by atoms with Crippen LogP contribution in [0.4, 0.5) is 0 Å². The average Bonchev–Trinajstić information content (AvgIpc) is 2.76. The van der Waals surface area contributed by atoms with Crippen LogP contribution in [0, 0.1) is 0 Å². The van der Waals surface area contributed by atoms with Crippen LogP contribution >= 0.6 is 0 Å². The van der Waals surface area contributed by atoms with E-state index >= 15 is 0 Å². The number of quaternary nitrogens is 2. The number of rotatable bonds is 10. The number of nitrogens with zero attached hydrogens (tertiary/aromatic N) is 1. The van der Waals surface area contributed by atoms with Crippen LogP contribution in [0.1, 0.15) is 63.8 Å². The molecule has 2 N–H and O–H groups in total. The number of hydrogen-bond donors (Lipinski definition) is 2. The monoisotopic (exact) mass is 611 g/mol. The van der Waals surface area contributed by atoms with Gasteiger partial charge in [0, 0.05) is 5.56 Å². The zero-order valence-corrected chi connectivity index (χ0v) is 32.7. The van der Waals surface area contributed by atoms with Crippen LogP contribution in [0.25, 0.3) is 4.65 Å². The summed E-state index contributed by atoms with van der Waals surface area (Å²) in [6.07, 6.45) is 0. The Bertz CT molecular complexity index is 1060. The van der Waals surface area contributed by atoms with Gasteiger partial charge in [-0.05, 0) is 39.7 Å². The molecule has 0 spiro atoms. The van der Waals surface area contributed by atoms with Gasteiger partial charge in [-0.15, -0.1) is 0 Å². The Kier molecular flexibility index (Phi) is 15.9. The van der Waals surface area contributed by atoms with E-state index in [-0.39, 0.29) is 39.6 Å². The van der Waals surface area contributed by atoms with E-state index in [1.54, 1.807) is 7.11 Å². The van der Waals surface area contributed by atoms with Crippen LogP contribution in [0.15, 0.2) is 36.4 Å². The van der Waals surface area contributed by atoms with Gasteiger partial charge < -0.3 is 24.3 Å². The second-order valence-electron chi connectivity index (χ2n) is 15.5. The molecule has 0 aliphatic carbocycles. The van der Waals surface area contributed by atoms with E-state index in [9.17, 15) is 5.11 Å². The molecule has 228 valence electrons. The third-order valence-electron chi connectivity index (χ3n) is 6.67. The number of methoxy groups -OCH3 is 1. The molecule has 41 heavy (non-hydrogen) atoms. The van der Waals surface area contributed by atoms with Crippen molar-refractivity contribution >= 4 is 39.5 Å². The van der Waals surface area contributed by atoms with Gasteiger partial charge in [0.05, 0.1) is 21.2 Å². The van der Waals surface area contributed by atoms with E-state index in [0.29, 0.717) is 0 Å². The molecule has 0 aliphatic heterocycles. The normalized spacial score (nSPS) is 13.9. The summed E-state index contributed by atoms with van der Waals surface area (Å²) in [5.74, 6) is 1.17. The summed E-state index contributed by atoms with van der Waals surface area (Å²) in [6.45, 7) is 30.6. The number of nitrogens with one attached hydrogen (secondary N) is 2. The number of likely N-dealkylation sites (N-methyl/N-ethyl adjacent to an activating group) is 2. The van der Waals surface area contributed by atoms with Crippen molar-refractivity contribution in [2.24, 2.45) is 0 Å². The Morgan fingerprint density at radius 1 is 0.756 bits per heavy atom. The summed E-state index contributed by atoms with van der Waals surface area (Å²) in [5.41, 5.74) is 4.22. The Morgan fingerprint density at radius 3 is 1.61 bits per heavy atom. The van der Waals surface area contributed by atoms with Crippen molar-refractivity contribution in [2.75, 3.05) is 34.3 Å². The molecule has 2 rings (SSSR count). The van der Waals surface area contributed by atoms with Gasteiger partial charge in [-0.25, -0.2) is 0 Å². The summed E-state index contributed by atoms with van der Waals surface area (Å²) in [6, 6.07) is 12.5. The summed E-state index contributed by atoms with van der Waals surface area (Å²) in [4.78, 5) is 2.80. The van der Waals surface area contributed by atoms with Crippen LogP contribution in [0.5, 0.6) is 11.5 Å². The molecule has 0 fully saturated rings. The van der Waals surface area contributed by atoms with E-state index < -0.39 is 16.5 Å². The zero-order valence-electron chi connectivity index (χ0n) is 29.3. The van der Waals surface area contributed by atoms with E-state index in [1.807, 2.05) is 12.1 Å². The van der Waals surface area contributed by atoms with Gasteiger partial charge in [0.1, 0.15) is 31.9 Å². The SMILES string of the molecule is COc1ccccc1C[NH+](C)CC[NH+](C)Cc1cc(C(C)(C)C)cc(C(C)(C)C)c1[O-].C[Si](C)(C)[N-][Si](C)(C)C.[Mg+2]. The van der Waals surface area contributed by atoms with Crippen molar-refractivity contribution in [3.63, 3.8) is 0 Å². The summed E-state index contributed by atoms with van der Waals surface area (Å²) < 4.78 is 10.3. The van der Waals surface area contributed by atoms with Gasteiger partial charge in [-0.1, -0.05) is 127 Å². The average molecular weight is 612 g/mol. The van der Waals surface area contributed by atoms with Crippen molar-refractivity contribution in [2.45, 2.75) is 105 Å². The van der Waals surface area contributed by atoms with E-state index in [1.165, 1.54) is 20.9 Å². The van der Waals surface area contributed by atoms with Gasteiger partial charge in [0.2, 0.25) is 0 Å². The first kappa shape index (κ1) is 40.1. The van der Waals surface area contributed by atoms with Crippen LogP contribution in [-0.4, -0.2) is 73.8 Å². The largest absolute Gasteiger partial charge is 2.00 e. The molecule has 2 aromatic carbocycles. The second kappa shape index (κ2) is 16.3. The van der Waals surface area contributed by atoms with Crippen molar-refractivity contribution in [1.82, 2.24) is 0 Å². The maximum absolute atomic E-state index is 13.2. The minimum absolute atomic E-state index is 0. The maximum atomic E-state index is 13.2.